The third-order valence-corrected chi connectivity index (χ3v) is 2.45. The van der Waals surface area contributed by atoms with Crippen molar-refractivity contribution in [3.05, 3.63) is 10.1 Å². The van der Waals surface area contributed by atoms with E-state index < -0.39 is 12.1 Å². The molecule has 2 unspecified atom stereocenters. The molecule has 0 saturated carbocycles. The van der Waals surface area contributed by atoms with E-state index in [1.54, 1.807) is 13.8 Å². The maximum Gasteiger partial charge on any atom is 0.238 e. The van der Waals surface area contributed by atoms with E-state index in [1.807, 2.05) is 0 Å². The van der Waals surface area contributed by atoms with Gasteiger partial charge in [-0.15, -0.1) is 0 Å². The number of rotatable bonds is 7. The Balaban J connectivity index is 4.08. The van der Waals surface area contributed by atoms with E-state index in [1.165, 1.54) is 0 Å². The molecule has 0 aromatic rings. The highest BCUT2D eigenvalue weighted by Crippen LogP contribution is 2.15. The molecule has 0 saturated heterocycles. The largest absolute Gasteiger partial charge is 0.386 e. The predicted molar refractivity (Wildman–Crippen MR) is 55.8 cm³/mol. The topological polar surface area (TPSA) is 63.4 Å². The molecule has 0 aliphatic carbocycles. The molecule has 0 heterocycles. The first-order valence-electron chi connectivity index (χ1n) is 5.32. The minimum absolute atomic E-state index is 0.0490. The van der Waals surface area contributed by atoms with E-state index in [2.05, 4.69) is 6.92 Å². The Hall–Kier alpha value is -0.640. The lowest BCUT2D eigenvalue weighted by Crippen LogP contribution is -2.37. The van der Waals surface area contributed by atoms with Crippen molar-refractivity contribution in [2.75, 3.05) is 0 Å². The first-order valence-corrected chi connectivity index (χ1v) is 5.32. The maximum atomic E-state index is 10.7. The molecule has 0 spiro atoms. The predicted octanol–water partition coefficient (Wildman–Crippen LogP) is 2.23. The smallest absolute Gasteiger partial charge is 0.238 e. The highest BCUT2D eigenvalue weighted by atomic mass is 16.6. The molecule has 0 aliphatic heterocycles. The van der Waals surface area contributed by atoms with E-state index in [9.17, 15) is 15.2 Å². The number of aliphatic hydroxyl groups is 1. The van der Waals surface area contributed by atoms with Crippen molar-refractivity contribution < 1.29 is 10.0 Å². The van der Waals surface area contributed by atoms with Crippen molar-refractivity contribution in [2.45, 2.75) is 58.6 Å². The maximum absolute atomic E-state index is 10.7. The molecule has 4 nitrogen and oxygen atoms in total. The summed E-state index contributed by atoms with van der Waals surface area (Å²) in [6.07, 6.45) is 2.53. The summed E-state index contributed by atoms with van der Waals surface area (Å²) < 4.78 is 0. The molecule has 0 aromatic carbocycles. The Morgan fingerprint density at radius 2 is 1.93 bits per heavy atom. The third kappa shape index (κ3) is 4.56. The van der Waals surface area contributed by atoms with Crippen LogP contribution < -0.4 is 0 Å². The van der Waals surface area contributed by atoms with Crippen LogP contribution in [0, 0.1) is 16.0 Å². The summed E-state index contributed by atoms with van der Waals surface area (Å²) in [7, 11) is 0. The molecule has 0 bridgehead atoms. The highest BCUT2D eigenvalue weighted by Gasteiger charge is 2.31. The Kier molecular flexibility index (Phi) is 6.45. The van der Waals surface area contributed by atoms with Gasteiger partial charge in [0.2, 0.25) is 6.04 Å². The minimum atomic E-state index is -0.818. The number of aliphatic hydroxyl groups excluding tert-OH is 1. The van der Waals surface area contributed by atoms with Gasteiger partial charge in [-0.05, 0) is 12.3 Å². The molecule has 1 N–H and O–H groups in total. The van der Waals surface area contributed by atoms with E-state index >= 15 is 0 Å². The number of nitro groups is 1. The standard InChI is InChI=1S/C10H21NO3/c1-4-5-6-7-9(11(13)14)10(12)8(2)3/h8-10,12H,4-7H2,1-3H3. The second-order valence-corrected chi connectivity index (χ2v) is 4.08. The molecular weight excluding hydrogens is 182 g/mol. The summed E-state index contributed by atoms with van der Waals surface area (Å²) in [5.41, 5.74) is 0. The summed E-state index contributed by atoms with van der Waals surface area (Å²) in [4.78, 5) is 10.3. The van der Waals surface area contributed by atoms with Crippen LogP contribution in [0.1, 0.15) is 46.5 Å². The van der Waals surface area contributed by atoms with Crippen molar-refractivity contribution in [1.29, 1.82) is 0 Å². The first-order chi connectivity index (χ1) is 6.50. The van der Waals surface area contributed by atoms with Crippen LogP contribution in [0.3, 0.4) is 0 Å². The van der Waals surface area contributed by atoms with E-state index in [0.29, 0.717) is 6.42 Å². The van der Waals surface area contributed by atoms with Crippen LogP contribution in [-0.4, -0.2) is 22.2 Å². The van der Waals surface area contributed by atoms with Crippen molar-refractivity contribution >= 4 is 0 Å². The van der Waals surface area contributed by atoms with Crippen molar-refractivity contribution in [3.63, 3.8) is 0 Å². The molecule has 2 atom stereocenters. The van der Waals surface area contributed by atoms with Crippen LogP contribution in [0.5, 0.6) is 0 Å². The zero-order chi connectivity index (χ0) is 11.1. The quantitative estimate of drug-likeness (QED) is 0.392. The zero-order valence-electron chi connectivity index (χ0n) is 9.27. The van der Waals surface area contributed by atoms with Crippen LogP contribution in [-0.2, 0) is 0 Å². The summed E-state index contributed by atoms with van der Waals surface area (Å²) in [5.74, 6) is -0.0490. The second-order valence-electron chi connectivity index (χ2n) is 4.08. The SMILES string of the molecule is CCCCCC(C(O)C(C)C)[N+](=O)[O-]. The van der Waals surface area contributed by atoms with Gasteiger partial charge < -0.3 is 5.11 Å². The molecule has 0 aromatic heterocycles. The molecule has 4 heteroatoms. The van der Waals surface area contributed by atoms with Crippen LogP contribution in [0.15, 0.2) is 0 Å². The molecule has 0 rings (SSSR count). The lowest BCUT2D eigenvalue weighted by Gasteiger charge is -2.18. The van der Waals surface area contributed by atoms with Gasteiger partial charge in [0.1, 0.15) is 6.10 Å². The van der Waals surface area contributed by atoms with E-state index in [0.717, 1.165) is 19.3 Å². The third-order valence-electron chi connectivity index (χ3n) is 2.45. The normalized spacial score (nSPS) is 15.5. The summed E-state index contributed by atoms with van der Waals surface area (Å²) >= 11 is 0. The van der Waals surface area contributed by atoms with Gasteiger partial charge in [0.15, 0.2) is 0 Å². The zero-order valence-corrected chi connectivity index (χ0v) is 9.27. The Bertz CT molecular complexity index is 171. The Labute approximate surface area is 85.5 Å². The monoisotopic (exact) mass is 203 g/mol. The highest BCUT2D eigenvalue weighted by molar-refractivity contribution is 4.71. The fraction of sp³-hybridized carbons (Fsp3) is 1.00. The van der Waals surface area contributed by atoms with E-state index in [-0.39, 0.29) is 10.8 Å². The van der Waals surface area contributed by atoms with Crippen molar-refractivity contribution in [2.24, 2.45) is 5.92 Å². The van der Waals surface area contributed by atoms with Gasteiger partial charge in [-0.3, -0.25) is 10.1 Å². The van der Waals surface area contributed by atoms with Crippen LogP contribution in [0.4, 0.5) is 0 Å². The van der Waals surface area contributed by atoms with Gasteiger partial charge in [0.05, 0.1) is 0 Å². The van der Waals surface area contributed by atoms with Crippen LogP contribution >= 0.6 is 0 Å². The summed E-state index contributed by atoms with van der Waals surface area (Å²) in [6.45, 7) is 5.67. The van der Waals surface area contributed by atoms with Gasteiger partial charge in [-0.25, -0.2) is 0 Å². The Morgan fingerprint density at radius 3 is 2.29 bits per heavy atom. The molecule has 0 radical (unpaired) electrons. The van der Waals surface area contributed by atoms with E-state index in [4.69, 9.17) is 0 Å². The molecule has 14 heavy (non-hydrogen) atoms. The second kappa shape index (κ2) is 6.76. The van der Waals surface area contributed by atoms with Gasteiger partial charge in [0.25, 0.3) is 0 Å². The average Bonchev–Trinajstić information content (AvgIpc) is 2.10. The van der Waals surface area contributed by atoms with Crippen molar-refractivity contribution in [3.8, 4) is 0 Å². The first kappa shape index (κ1) is 13.4. The van der Waals surface area contributed by atoms with Crippen molar-refractivity contribution in [1.82, 2.24) is 0 Å². The van der Waals surface area contributed by atoms with Crippen LogP contribution in [0.2, 0.25) is 0 Å². The molecule has 0 aliphatic rings. The summed E-state index contributed by atoms with van der Waals surface area (Å²) in [5, 5.41) is 20.3. The number of hydrogen-bond acceptors (Lipinski definition) is 3. The fourth-order valence-corrected chi connectivity index (χ4v) is 1.45. The minimum Gasteiger partial charge on any atom is -0.386 e. The number of unbranched alkanes of at least 4 members (excludes halogenated alkanes) is 2. The lowest BCUT2D eigenvalue weighted by molar-refractivity contribution is -0.537. The fourth-order valence-electron chi connectivity index (χ4n) is 1.45. The Morgan fingerprint density at radius 1 is 1.36 bits per heavy atom. The molecular formula is C10H21NO3. The van der Waals surface area contributed by atoms with Gasteiger partial charge in [-0.2, -0.15) is 0 Å². The molecule has 0 amide bonds. The molecule has 0 fully saturated rings. The summed E-state index contributed by atoms with van der Waals surface area (Å²) in [6, 6.07) is -0.790. The number of hydrogen-bond donors (Lipinski definition) is 1. The number of nitrogens with zero attached hydrogens (tertiary/aromatic N) is 1. The van der Waals surface area contributed by atoms with Gasteiger partial charge >= 0.3 is 0 Å². The lowest BCUT2D eigenvalue weighted by atomic mass is 9.96. The van der Waals surface area contributed by atoms with Gasteiger partial charge in [0, 0.05) is 11.3 Å². The van der Waals surface area contributed by atoms with Gasteiger partial charge in [-0.1, -0.05) is 33.6 Å². The molecule has 84 valence electrons. The average molecular weight is 203 g/mol. The van der Waals surface area contributed by atoms with Crippen LogP contribution in [0.25, 0.3) is 0 Å².